The van der Waals surface area contributed by atoms with Crippen LogP contribution in [0.5, 0.6) is 0 Å². The van der Waals surface area contributed by atoms with Gasteiger partial charge in [0.2, 0.25) is 0 Å². The molecule has 1 unspecified atom stereocenters. The number of benzene rings is 1. The molecule has 0 fully saturated rings. The predicted molar refractivity (Wildman–Crippen MR) is 82.8 cm³/mol. The third-order valence-corrected chi connectivity index (χ3v) is 3.68. The van der Waals surface area contributed by atoms with Crippen LogP contribution in [0.2, 0.25) is 0 Å². The fourth-order valence-electron chi connectivity index (χ4n) is 1.92. The fourth-order valence-corrected chi connectivity index (χ4v) is 2.58. The zero-order valence-corrected chi connectivity index (χ0v) is 13.8. The van der Waals surface area contributed by atoms with Crippen LogP contribution in [0.15, 0.2) is 22.7 Å². The van der Waals surface area contributed by atoms with E-state index in [1.807, 2.05) is 6.07 Å². The Hall–Kier alpha value is -1.27. The number of hydrogen-bond acceptors (Lipinski definition) is 4. The van der Waals surface area contributed by atoms with Crippen molar-refractivity contribution in [2.24, 2.45) is 5.92 Å². The van der Waals surface area contributed by atoms with Gasteiger partial charge in [-0.25, -0.2) is 0 Å². The van der Waals surface area contributed by atoms with E-state index >= 15 is 0 Å². The van der Waals surface area contributed by atoms with E-state index in [-0.39, 0.29) is 6.04 Å². The quantitative estimate of drug-likeness (QED) is 0.910. The second-order valence-electron chi connectivity index (χ2n) is 5.43. The second kappa shape index (κ2) is 6.45. The molecule has 0 saturated carbocycles. The van der Waals surface area contributed by atoms with Crippen molar-refractivity contribution in [2.75, 3.05) is 6.54 Å². The van der Waals surface area contributed by atoms with E-state index < -0.39 is 0 Å². The third-order valence-electron chi connectivity index (χ3n) is 3.04. The van der Waals surface area contributed by atoms with Gasteiger partial charge in [-0.2, -0.15) is 4.68 Å². The molecule has 1 atom stereocenters. The summed E-state index contributed by atoms with van der Waals surface area (Å²) in [4.78, 5) is 0. The van der Waals surface area contributed by atoms with E-state index in [0.29, 0.717) is 5.92 Å². The summed E-state index contributed by atoms with van der Waals surface area (Å²) in [6.07, 6.45) is 0. The molecule has 6 heteroatoms. The minimum Gasteiger partial charge on any atom is -0.307 e. The molecule has 1 aromatic carbocycles. The van der Waals surface area contributed by atoms with Gasteiger partial charge in [0.25, 0.3) is 0 Å². The molecular weight excluding hydrogens is 318 g/mol. The van der Waals surface area contributed by atoms with Crippen molar-refractivity contribution >= 4 is 15.9 Å². The van der Waals surface area contributed by atoms with E-state index in [9.17, 15) is 0 Å². The van der Waals surface area contributed by atoms with Crippen molar-refractivity contribution in [3.63, 3.8) is 0 Å². The van der Waals surface area contributed by atoms with Gasteiger partial charge < -0.3 is 5.32 Å². The van der Waals surface area contributed by atoms with Crippen LogP contribution in [0.3, 0.4) is 0 Å². The van der Waals surface area contributed by atoms with Crippen molar-refractivity contribution in [3.8, 4) is 5.69 Å². The normalized spacial score (nSPS) is 12.9. The van der Waals surface area contributed by atoms with Crippen LogP contribution < -0.4 is 5.32 Å². The average molecular weight is 338 g/mol. The predicted octanol–water partition coefficient (Wildman–Crippen LogP) is 3.04. The molecule has 0 saturated heterocycles. The fraction of sp³-hybridized carbons (Fsp3) is 0.500. The highest BCUT2D eigenvalue weighted by atomic mass is 79.9. The van der Waals surface area contributed by atoms with Gasteiger partial charge in [0, 0.05) is 4.47 Å². The minimum absolute atomic E-state index is 0.0978. The number of halogens is 1. The topological polar surface area (TPSA) is 55.6 Å². The van der Waals surface area contributed by atoms with E-state index in [1.54, 1.807) is 4.68 Å². The molecule has 1 N–H and O–H groups in total. The molecule has 0 radical (unpaired) electrons. The van der Waals surface area contributed by atoms with Crippen LogP contribution >= 0.6 is 15.9 Å². The van der Waals surface area contributed by atoms with Crippen molar-refractivity contribution in [1.82, 2.24) is 25.5 Å². The maximum atomic E-state index is 4.15. The van der Waals surface area contributed by atoms with E-state index in [1.165, 1.54) is 5.56 Å². The molecule has 0 aliphatic rings. The Bertz CT molecular complexity index is 579. The SMILES string of the molecule is Cc1ccc(-n2nnnc2C(C)NCC(C)C)c(Br)c1. The lowest BCUT2D eigenvalue weighted by Crippen LogP contribution is -2.25. The van der Waals surface area contributed by atoms with Gasteiger partial charge in [-0.15, -0.1) is 5.10 Å². The summed E-state index contributed by atoms with van der Waals surface area (Å²) in [6.45, 7) is 9.43. The number of aromatic nitrogens is 4. The number of hydrogen-bond donors (Lipinski definition) is 1. The van der Waals surface area contributed by atoms with E-state index in [0.717, 1.165) is 22.5 Å². The Kier molecular flexibility index (Phi) is 4.88. The van der Waals surface area contributed by atoms with Crippen LogP contribution in [-0.2, 0) is 0 Å². The van der Waals surface area contributed by atoms with Crippen molar-refractivity contribution in [1.29, 1.82) is 0 Å². The zero-order valence-electron chi connectivity index (χ0n) is 12.3. The van der Waals surface area contributed by atoms with Crippen molar-refractivity contribution < 1.29 is 0 Å². The highest BCUT2D eigenvalue weighted by molar-refractivity contribution is 9.10. The molecule has 20 heavy (non-hydrogen) atoms. The Labute approximate surface area is 127 Å². The lowest BCUT2D eigenvalue weighted by Gasteiger charge is -2.15. The van der Waals surface area contributed by atoms with Crippen molar-refractivity contribution in [3.05, 3.63) is 34.1 Å². The number of tetrazole rings is 1. The molecular formula is C14H20BrN5. The van der Waals surface area contributed by atoms with Crippen LogP contribution in [0.4, 0.5) is 0 Å². The summed E-state index contributed by atoms with van der Waals surface area (Å²) in [5, 5.41) is 15.5. The summed E-state index contributed by atoms with van der Waals surface area (Å²) in [6, 6.07) is 6.24. The largest absolute Gasteiger partial charge is 0.307 e. The van der Waals surface area contributed by atoms with E-state index in [4.69, 9.17) is 0 Å². The minimum atomic E-state index is 0.0978. The first-order chi connectivity index (χ1) is 9.49. The number of rotatable bonds is 5. The number of nitrogens with one attached hydrogen (secondary N) is 1. The van der Waals surface area contributed by atoms with Gasteiger partial charge in [-0.1, -0.05) is 19.9 Å². The first kappa shape index (κ1) is 15.1. The highest BCUT2D eigenvalue weighted by Gasteiger charge is 2.17. The summed E-state index contributed by atoms with van der Waals surface area (Å²) in [5.41, 5.74) is 2.15. The van der Waals surface area contributed by atoms with Gasteiger partial charge in [-0.3, -0.25) is 0 Å². The molecule has 1 heterocycles. The molecule has 0 aliphatic heterocycles. The molecule has 108 valence electrons. The number of nitrogens with zero attached hydrogens (tertiary/aromatic N) is 4. The van der Waals surface area contributed by atoms with Gasteiger partial charge in [0.1, 0.15) is 0 Å². The van der Waals surface area contributed by atoms with Crippen LogP contribution in [0.25, 0.3) is 5.69 Å². The number of aryl methyl sites for hydroxylation is 1. The Balaban J connectivity index is 2.28. The summed E-state index contributed by atoms with van der Waals surface area (Å²) < 4.78 is 2.77. The highest BCUT2D eigenvalue weighted by Crippen LogP contribution is 2.23. The average Bonchev–Trinajstić information content (AvgIpc) is 2.85. The molecule has 5 nitrogen and oxygen atoms in total. The molecule has 0 aliphatic carbocycles. The first-order valence-electron chi connectivity index (χ1n) is 6.77. The van der Waals surface area contributed by atoms with Crippen LogP contribution in [0.1, 0.15) is 38.2 Å². The van der Waals surface area contributed by atoms with E-state index in [2.05, 4.69) is 76.6 Å². The summed E-state index contributed by atoms with van der Waals surface area (Å²) in [5.74, 6) is 1.41. The van der Waals surface area contributed by atoms with Gasteiger partial charge >= 0.3 is 0 Å². The maximum absolute atomic E-state index is 4.15. The first-order valence-corrected chi connectivity index (χ1v) is 7.56. The Morgan fingerprint density at radius 1 is 1.30 bits per heavy atom. The smallest absolute Gasteiger partial charge is 0.173 e. The third kappa shape index (κ3) is 3.43. The lowest BCUT2D eigenvalue weighted by atomic mass is 10.2. The molecule has 1 aromatic heterocycles. The van der Waals surface area contributed by atoms with Crippen LogP contribution in [-0.4, -0.2) is 26.8 Å². The van der Waals surface area contributed by atoms with Gasteiger partial charge in [0.15, 0.2) is 5.82 Å². The van der Waals surface area contributed by atoms with Gasteiger partial charge in [-0.05, 0) is 70.4 Å². The molecule has 2 rings (SSSR count). The Morgan fingerprint density at radius 2 is 2.05 bits per heavy atom. The standard InChI is InChI=1S/C14H20BrN5/c1-9(2)8-16-11(4)14-17-18-19-20(14)13-6-5-10(3)7-12(13)15/h5-7,9,11,16H,8H2,1-4H3. The lowest BCUT2D eigenvalue weighted by molar-refractivity contribution is 0.475. The van der Waals surface area contributed by atoms with Gasteiger partial charge in [0.05, 0.1) is 11.7 Å². The van der Waals surface area contributed by atoms with Crippen molar-refractivity contribution in [2.45, 2.75) is 33.7 Å². The monoisotopic (exact) mass is 337 g/mol. The summed E-state index contributed by atoms with van der Waals surface area (Å²) >= 11 is 3.58. The molecule has 0 spiro atoms. The Morgan fingerprint density at radius 3 is 2.70 bits per heavy atom. The van der Waals surface area contributed by atoms with Crippen LogP contribution in [0, 0.1) is 12.8 Å². The molecule has 0 bridgehead atoms. The molecule has 0 amide bonds. The molecule has 2 aromatic rings. The zero-order chi connectivity index (χ0) is 14.7. The maximum Gasteiger partial charge on any atom is 0.173 e. The second-order valence-corrected chi connectivity index (χ2v) is 6.28. The summed E-state index contributed by atoms with van der Waals surface area (Å²) in [7, 11) is 0.